The molecule has 1 aliphatic heterocycles. The Bertz CT molecular complexity index is 647. The maximum atomic E-state index is 12.1. The summed E-state index contributed by atoms with van der Waals surface area (Å²) in [7, 11) is 0. The van der Waals surface area contributed by atoms with Crippen LogP contribution in [-0.4, -0.2) is 27.8 Å². The van der Waals surface area contributed by atoms with Crippen molar-refractivity contribution in [1.29, 1.82) is 0 Å². The molecule has 0 saturated carbocycles. The first-order valence-corrected chi connectivity index (χ1v) is 6.84. The normalized spacial score (nSPS) is 14.4. The van der Waals surface area contributed by atoms with Gasteiger partial charge in [-0.15, -0.1) is 0 Å². The fourth-order valence-corrected chi connectivity index (χ4v) is 2.21. The minimum atomic E-state index is -0.0192. The zero-order valence-corrected chi connectivity index (χ0v) is 11.8. The highest BCUT2D eigenvalue weighted by molar-refractivity contribution is 6.12. The number of amides is 1. The molecule has 108 valence electrons. The highest BCUT2D eigenvalue weighted by Crippen LogP contribution is 2.23. The van der Waals surface area contributed by atoms with Gasteiger partial charge in [-0.25, -0.2) is 9.99 Å². The molecule has 0 bridgehead atoms. The van der Waals surface area contributed by atoms with Gasteiger partial charge in [-0.2, -0.15) is 5.10 Å². The molecule has 0 radical (unpaired) electrons. The second kappa shape index (κ2) is 5.78. The molecular weight excluding hydrogens is 268 g/mol. The van der Waals surface area contributed by atoms with Crippen LogP contribution in [0.3, 0.4) is 0 Å². The van der Waals surface area contributed by atoms with E-state index in [4.69, 9.17) is 4.74 Å². The minimum absolute atomic E-state index is 0.0192. The van der Waals surface area contributed by atoms with E-state index in [0.717, 1.165) is 17.1 Å². The van der Waals surface area contributed by atoms with E-state index in [1.54, 1.807) is 12.5 Å². The maximum absolute atomic E-state index is 12.1. The number of hydrogen-bond acceptors (Lipinski definition) is 4. The van der Waals surface area contributed by atoms with E-state index in [2.05, 4.69) is 10.1 Å². The summed E-state index contributed by atoms with van der Waals surface area (Å²) < 4.78 is 7.29. The lowest BCUT2D eigenvalue weighted by Crippen LogP contribution is -2.19. The van der Waals surface area contributed by atoms with Crippen LogP contribution in [0.4, 0.5) is 5.69 Å². The molecular formula is C15H16N4O2. The summed E-state index contributed by atoms with van der Waals surface area (Å²) in [4.78, 5) is 16.1. The first-order chi connectivity index (χ1) is 10.3. The van der Waals surface area contributed by atoms with Crippen molar-refractivity contribution >= 4 is 17.3 Å². The molecule has 0 unspecified atom stereocenters. The molecule has 0 aliphatic carbocycles. The smallest absolute Gasteiger partial charge is 0.253 e. The Morgan fingerprint density at radius 2 is 2.10 bits per heavy atom. The Hall–Kier alpha value is -2.63. The molecule has 1 aromatic heterocycles. The first kappa shape index (κ1) is 13.4. The standard InChI is InChI=1S/C15H16N4O2/c1-2-21-14-5-3-13(4-6-14)19-15(20)9-12(17-19)10-18-8-7-16-11-18/h3-8,11H,2,9-10H2,1H3. The predicted octanol–water partition coefficient (Wildman–Crippen LogP) is 2.07. The number of hydrazone groups is 1. The lowest BCUT2D eigenvalue weighted by atomic mass is 10.2. The molecule has 1 aromatic carbocycles. The number of benzene rings is 1. The number of hydrogen-bond donors (Lipinski definition) is 0. The molecule has 0 saturated heterocycles. The lowest BCUT2D eigenvalue weighted by Gasteiger charge is -2.12. The van der Waals surface area contributed by atoms with Crippen LogP contribution in [0.1, 0.15) is 13.3 Å². The minimum Gasteiger partial charge on any atom is -0.494 e. The van der Waals surface area contributed by atoms with Crippen LogP contribution >= 0.6 is 0 Å². The van der Waals surface area contributed by atoms with E-state index in [1.807, 2.05) is 42.0 Å². The van der Waals surface area contributed by atoms with Gasteiger partial charge < -0.3 is 9.30 Å². The van der Waals surface area contributed by atoms with Crippen molar-refractivity contribution in [3.05, 3.63) is 43.0 Å². The molecule has 0 fully saturated rings. The number of ether oxygens (including phenoxy) is 1. The van der Waals surface area contributed by atoms with Crippen LogP contribution in [0, 0.1) is 0 Å². The van der Waals surface area contributed by atoms with Crippen LogP contribution in [0.2, 0.25) is 0 Å². The van der Waals surface area contributed by atoms with Gasteiger partial charge in [0.2, 0.25) is 0 Å². The third kappa shape index (κ3) is 2.94. The van der Waals surface area contributed by atoms with Gasteiger partial charge in [-0.1, -0.05) is 0 Å². The SMILES string of the molecule is CCOc1ccc(N2N=C(Cn3ccnc3)CC2=O)cc1. The number of carbonyl (C=O) groups is 1. The quantitative estimate of drug-likeness (QED) is 0.844. The zero-order valence-electron chi connectivity index (χ0n) is 11.8. The van der Waals surface area contributed by atoms with E-state index in [1.165, 1.54) is 5.01 Å². The van der Waals surface area contributed by atoms with Gasteiger partial charge in [0, 0.05) is 12.4 Å². The number of nitrogens with zero attached hydrogens (tertiary/aromatic N) is 4. The Morgan fingerprint density at radius 3 is 2.76 bits per heavy atom. The van der Waals surface area contributed by atoms with Crippen LogP contribution in [0.25, 0.3) is 0 Å². The van der Waals surface area contributed by atoms with Gasteiger partial charge in [-0.3, -0.25) is 4.79 Å². The fraction of sp³-hybridized carbons (Fsp3) is 0.267. The van der Waals surface area contributed by atoms with Crippen molar-refractivity contribution in [2.45, 2.75) is 19.9 Å². The number of anilines is 1. The van der Waals surface area contributed by atoms with Crippen molar-refractivity contribution < 1.29 is 9.53 Å². The van der Waals surface area contributed by atoms with Gasteiger partial charge >= 0.3 is 0 Å². The van der Waals surface area contributed by atoms with Crippen molar-refractivity contribution in [3.63, 3.8) is 0 Å². The van der Waals surface area contributed by atoms with E-state index in [-0.39, 0.29) is 5.91 Å². The first-order valence-electron chi connectivity index (χ1n) is 6.84. The number of carbonyl (C=O) groups excluding carboxylic acids is 1. The lowest BCUT2D eigenvalue weighted by molar-refractivity contribution is -0.116. The molecule has 6 nitrogen and oxygen atoms in total. The average molecular weight is 284 g/mol. The Kier molecular flexibility index (Phi) is 3.68. The molecule has 0 spiro atoms. The van der Waals surface area contributed by atoms with Crippen LogP contribution in [-0.2, 0) is 11.3 Å². The maximum Gasteiger partial charge on any atom is 0.253 e. The van der Waals surface area contributed by atoms with Crippen LogP contribution < -0.4 is 9.75 Å². The summed E-state index contributed by atoms with van der Waals surface area (Å²) >= 11 is 0. The Morgan fingerprint density at radius 1 is 1.29 bits per heavy atom. The van der Waals surface area contributed by atoms with Gasteiger partial charge in [0.15, 0.2) is 0 Å². The molecule has 2 aromatic rings. The molecule has 1 aliphatic rings. The molecule has 0 N–H and O–H groups in total. The van der Waals surface area contributed by atoms with Crippen LogP contribution in [0.5, 0.6) is 5.75 Å². The molecule has 0 atom stereocenters. The number of rotatable bonds is 5. The average Bonchev–Trinajstić information content (AvgIpc) is 3.11. The summed E-state index contributed by atoms with van der Waals surface area (Å²) in [5.41, 5.74) is 1.58. The van der Waals surface area contributed by atoms with E-state index >= 15 is 0 Å². The van der Waals surface area contributed by atoms with Gasteiger partial charge in [-0.05, 0) is 31.2 Å². The van der Waals surface area contributed by atoms with Gasteiger partial charge in [0.05, 0.1) is 37.3 Å². The number of aromatic nitrogens is 2. The fourth-order valence-electron chi connectivity index (χ4n) is 2.21. The van der Waals surface area contributed by atoms with E-state index < -0.39 is 0 Å². The zero-order chi connectivity index (χ0) is 14.7. The Balaban J connectivity index is 1.75. The van der Waals surface area contributed by atoms with Crippen molar-refractivity contribution in [1.82, 2.24) is 9.55 Å². The second-order valence-corrected chi connectivity index (χ2v) is 4.71. The summed E-state index contributed by atoms with van der Waals surface area (Å²) in [5, 5.41) is 5.85. The summed E-state index contributed by atoms with van der Waals surface area (Å²) in [6.07, 6.45) is 5.62. The predicted molar refractivity (Wildman–Crippen MR) is 79.4 cm³/mol. The third-order valence-corrected chi connectivity index (χ3v) is 3.15. The summed E-state index contributed by atoms with van der Waals surface area (Å²) in [6, 6.07) is 7.37. The second-order valence-electron chi connectivity index (χ2n) is 4.71. The van der Waals surface area contributed by atoms with Gasteiger partial charge in [0.1, 0.15) is 5.75 Å². The third-order valence-electron chi connectivity index (χ3n) is 3.15. The van der Waals surface area contributed by atoms with Gasteiger partial charge in [0.25, 0.3) is 5.91 Å². The molecule has 6 heteroatoms. The van der Waals surface area contributed by atoms with Crippen LogP contribution in [0.15, 0.2) is 48.1 Å². The topological polar surface area (TPSA) is 59.7 Å². The molecule has 1 amide bonds. The van der Waals surface area contributed by atoms with Crippen molar-refractivity contribution in [2.75, 3.05) is 11.6 Å². The summed E-state index contributed by atoms with van der Waals surface area (Å²) in [5.74, 6) is 0.768. The van der Waals surface area contributed by atoms with Crippen molar-refractivity contribution in [2.24, 2.45) is 5.10 Å². The molecule has 3 rings (SSSR count). The highest BCUT2D eigenvalue weighted by atomic mass is 16.5. The van der Waals surface area contributed by atoms with Crippen molar-refractivity contribution in [3.8, 4) is 5.75 Å². The number of imidazole rings is 1. The summed E-state index contributed by atoms with van der Waals surface area (Å²) in [6.45, 7) is 3.14. The van der Waals surface area contributed by atoms with E-state index in [0.29, 0.717) is 19.6 Å². The largest absolute Gasteiger partial charge is 0.494 e. The highest BCUT2D eigenvalue weighted by Gasteiger charge is 2.25. The molecule has 21 heavy (non-hydrogen) atoms. The molecule has 2 heterocycles. The van der Waals surface area contributed by atoms with E-state index in [9.17, 15) is 4.79 Å². The monoisotopic (exact) mass is 284 g/mol. The Labute approximate surface area is 122 Å².